The van der Waals surface area contributed by atoms with Gasteiger partial charge < -0.3 is 5.32 Å². The predicted octanol–water partition coefficient (Wildman–Crippen LogP) is 1.55. The average Bonchev–Trinajstić information content (AvgIpc) is 1.96. The van der Waals surface area contributed by atoms with Crippen LogP contribution in [0.5, 0.6) is 0 Å². The number of halogens is 3. The van der Waals surface area contributed by atoms with Crippen LogP contribution in [0.15, 0.2) is 0 Å². The lowest BCUT2D eigenvalue weighted by Crippen LogP contribution is -2.37. The van der Waals surface area contributed by atoms with Gasteiger partial charge in [-0.1, -0.05) is 6.42 Å². The quantitative estimate of drug-likeness (QED) is 0.655. The maximum Gasteiger partial charge on any atom is 0.471 e. The highest BCUT2D eigenvalue weighted by Crippen LogP contribution is 2.13. The van der Waals surface area contributed by atoms with Crippen LogP contribution in [0, 0.1) is 6.92 Å². The second-order valence-electron chi connectivity index (χ2n) is 2.25. The van der Waals surface area contributed by atoms with Gasteiger partial charge >= 0.3 is 12.1 Å². The molecule has 2 radical (unpaired) electrons. The number of rotatable bonds is 4. The molecule has 0 aromatic carbocycles. The summed E-state index contributed by atoms with van der Waals surface area (Å²) in [5.74, 6) is -1.89. The second-order valence-corrected chi connectivity index (χ2v) is 2.25. The van der Waals surface area contributed by atoms with Crippen LogP contribution in [-0.4, -0.2) is 18.6 Å². The van der Waals surface area contributed by atoms with E-state index < -0.39 is 12.1 Å². The number of amides is 1. The minimum absolute atomic E-state index is 0.0234. The van der Waals surface area contributed by atoms with Gasteiger partial charge in [-0.3, -0.25) is 4.79 Å². The summed E-state index contributed by atoms with van der Waals surface area (Å²) in [4.78, 5) is 10.2. The van der Waals surface area contributed by atoms with E-state index in [1.165, 1.54) is 0 Å². The molecule has 0 bridgehead atoms. The third kappa shape index (κ3) is 4.98. The number of carbonyl (C=O) groups excluding carboxylic acids is 1. The molecule has 0 spiro atoms. The van der Waals surface area contributed by atoms with Gasteiger partial charge in [-0.15, -0.1) is 0 Å². The summed E-state index contributed by atoms with van der Waals surface area (Å²) >= 11 is 0. The minimum atomic E-state index is -4.78. The van der Waals surface area contributed by atoms with Gasteiger partial charge in [0.2, 0.25) is 0 Å². The van der Waals surface area contributed by atoms with E-state index >= 15 is 0 Å². The molecule has 0 fully saturated rings. The molecule has 0 unspecified atom stereocenters. The monoisotopic (exact) mass is 181 g/mol. The molecule has 5 heteroatoms. The lowest BCUT2D eigenvalue weighted by molar-refractivity contribution is -0.173. The highest BCUT2D eigenvalue weighted by Gasteiger charge is 2.37. The Bertz CT molecular complexity index is 144. The van der Waals surface area contributed by atoms with Crippen molar-refractivity contribution in [2.45, 2.75) is 25.4 Å². The SMILES string of the molecule is [CH]CCCCNC(=O)C(F)(F)F. The average molecular weight is 181 g/mol. The summed E-state index contributed by atoms with van der Waals surface area (Å²) in [5, 5.41) is 1.74. The van der Waals surface area contributed by atoms with Gasteiger partial charge in [0.1, 0.15) is 0 Å². The third-order valence-electron chi connectivity index (χ3n) is 1.17. The maximum absolute atomic E-state index is 11.5. The van der Waals surface area contributed by atoms with Crippen LogP contribution in [0.4, 0.5) is 13.2 Å². The molecule has 0 saturated carbocycles. The molecule has 2 nitrogen and oxygen atoms in total. The van der Waals surface area contributed by atoms with E-state index in [2.05, 4.69) is 0 Å². The Morgan fingerprint density at radius 3 is 2.33 bits per heavy atom. The smallest absolute Gasteiger partial charge is 0.348 e. The minimum Gasteiger partial charge on any atom is -0.348 e. The van der Waals surface area contributed by atoms with Crippen molar-refractivity contribution >= 4 is 5.91 Å². The van der Waals surface area contributed by atoms with Crippen LogP contribution in [0.2, 0.25) is 0 Å². The first-order valence-electron chi connectivity index (χ1n) is 3.53. The molecule has 1 amide bonds. The van der Waals surface area contributed by atoms with Crippen molar-refractivity contribution in [1.29, 1.82) is 0 Å². The highest BCUT2D eigenvalue weighted by molar-refractivity contribution is 5.81. The first kappa shape index (κ1) is 11.3. The molecule has 0 aliphatic heterocycles. The van der Waals surface area contributed by atoms with Crippen molar-refractivity contribution < 1.29 is 18.0 Å². The molecule has 12 heavy (non-hydrogen) atoms. The van der Waals surface area contributed by atoms with Crippen LogP contribution >= 0.6 is 0 Å². The van der Waals surface area contributed by atoms with Crippen LogP contribution in [-0.2, 0) is 4.79 Å². The molecule has 0 saturated heterocycles. The first-order valence-corrected chi connectivity index (χ1v) is 3.53. The first-order chi connectivity index (χ1) is 5.48. The van der Waals surface area contributed by atoms with Gasteiger partial charge in [0.15, 0.2) is 0 Å². The molecule has 0 heterocycles. The fourth-order valence-corrected chi connectivity index (χ4v) is 0.571. The Kier molecular flexibility index (Phi) is 4.70. The Balaban J connectivity index is 3.45. The molecule has 1 N–H and O–H groups in total. The molecular formula is C7H10F3NO. The van der Waals surface area contributed by atoms with E-state index in [0.29, 0.717) is 19.3 Å². The van der Waals surface area contributed by atoms with E-state index in [-0.39, 0.29) is 6.54 Å². The summed E-state index contributed by atoms with van der Waals surface area (Å²) in [7, 11) is 0. The predicted molar refractivity (Wildman–Crippen MR) is 37.2 cm³/mol. The molecule has 70 valence electrons. The fourth-order valence-electron chi connectivity index (χ4n) is 0.571. The van der Waals surface area contributed by atoms with Crippen molar-refractivity contribution in [1.82, 2.24) is 5.32 Å². The summed E-state index contributed by atoms with van der Waals surface area (Å²) in [6.45, 7) is 5.12. The molecular weight excluding hydrogens is 171 g/mol. The standard InChI is InChI=1S/C7H10F3NO/c1-2-3-4-5-11-6(12)7(8,9)10/h1H,2-5H2,(H,11,12). The van der Waals surface area contributed by atoms with Crippen LogP contribution in [0.1, 0.15) is 19.3 Å². The number of alkyl halides is 3. The van der Waals surface area contributed by atoms with Crippen LogP contribution in [0.25, 0.3) is 0 Å². The summed E-state index contributed by atoms with van der Waals surface area (Å²) < 4.78 is 34.6. The van der Waals surface area contributed by atoms with Crippen molar-refractivity contribution in [3.8, 4) is 0 Å². The fraction of sp³-hybridized carbons (Fsp3) is 0.714. The van der Waals surface area contributed by atoms with E-state index in [9.17, 15) is 18.0 Å². The number of unbranched alkanes of at least 4 members (excludes halogenated alkanes) is 2. The van der Waals surface area contributed by atoms with E-state index in [1.807, 2.05) is 0 Å². The molecule has 0 aromatic rings. The number of hydrogen-bond acceptors (Lipinski definition) is 1. The molecule has 0 aliphatic rings. The third-order valence-corrected chi connectivity index (χ3v) is 1.17. The number of carbonyl (C=O) groups is 1. The topological polar surface area (TPSA) is 29.1 Å². The lowest BCUT2D eigenvalue weighted by atomic mass is 10.2. The van der Waals surface area contributed by atoms with E-state index in [1.54, 1.807) is 5.32 Å². The zero-order chi connectivity index (χ0) is 9.61. The summed E-state index contributed by atoms with van der Waals surface area (Å²) in [6, 6.07) is 0. The zero-order valence-corrected chi connectivity index (χ0v) is 6.45. The van der Waals surface area contributed by atoms with Crippen molar-refractivity contribution in [3.63, 3.8) is 0 Å². The van der Waals surface area contributed by atoms with Gasteiger partial charge in [0, 0.05) is 6.54 Å². The van der Waals surface area contributed by atoms with Gasteiger partial charge in [-0.25, -0.2) is 0 Å². The van der Waals surface area contributed by atoms with Gasteiger partial charge in [-0.05, 0) is 19.8 Å². The van der Waals surface area contributed by atoms with E-state index in [4.69, 9.17) is 6.92 Å². The summed E-state index contributed by atoms with van der Waals surface area (Å²) in [6.07, 6.45) is -3.28. The van der Waals surface area contributed by atoms with Crippen molar-refractivity contribution in [2.24, 2.45) is 0 Å². The largest absolute Gasteiger partial charge is 0.471 e. The molecule has 0 rings (SSSR count). The number of hydrogen-bond donors (Lipinski definition) is 1. The molecule has 0 aliphatic carbocycles. The molecule has 0 aromatic heterocycles. The second kappa shape index (κ2) is 5.00. The van der Waals surface area contributed by atoms with Gasteiger partial charge in [0.05, 0.1) is 0 Å². The van der Waals surface area contributed by atoms with Crippen LogP contribution in [0.3, 0.4) is 0 Å². The number of nitrogens with one attached hydrogen (secondary N) is 1. The molecule has 0 atom stereocenters. The van der Waals surface area contributed by atoms with E-state index in [0.717, 1.165) is 0 Å². The Morgan fingerprint density at radius 1 is 1.33 bits per heavy atom. The van der Waals surface area contributed by atoms with Gasteiger partial charge in [0.25, 0.3) is 0 Å². The summed E-state index contributed by atoms with van der Waals surface area (Å²) in [5.41, 5.74) is 0. The Labute approximate surface area is 69.1 Å². The van der Waals surface area contributed by atoms with Gasteiger partial charge in [-0.2, -0.15) is 13.2 Å². The highest BCUT2D eigenvalue weighted by atomic mass is 19.4. The van der Waals surface area contributed by atoms with Crippen LogP contribution < -0.4 is 5.32 Å². The Morgan fingerprint density at radius 2 is 1.92 bits per heavy atom. The Hall–Kier alpha value is -0.740. The van der Waals surface area contributed by atoms with Crippen molar-refractivity contribution in [3.05, 3.63) is 6.92 Å². The zero-order valence-electron chi connectivity index (χ0n) is 6.45. The lowest BCUT2D eigenvalue weighted by Gasteiger charge is -2.06. The van der Waals surface area contributed by atoms with Crippen molar-refractivity contribution in [2.75, 3.05) is 6.54 Å². The maximum atomic E-state index is 11.5. The normalized spacial score (nSPS) is 11.3.